The first-order chi connectivity index (χ1) is 4.48. The molecule has 56 valence electrons. The molecule has 2 atom stereocenters. The number of hydrogen-bond donors (Lipinski definition) is 1. The molecule has 0 radical (unpaired) electrons. The molecule has 0 amide bonds. The van der Waals surface area contributed by atoms with Crippen molar-refractivity contribution < 1.29 is 14.7 Å². The molecular weight excluding hydrogens is 132 g/mol. The van der Waals surface area contributed by atoms with Gasteiger partial charge in [-0.3, -0.25) is 9.59 Å². The summed E-state index contributed by atoms with van der Waals surface area (Å²) in [5.74, 6) is -1.29. The second-order valence-electron chi connectivity index (χ2n) is 3.07. The van der Waals surface area contributed by atoms with Gasteiger partial charge in [0, 0.05) is 5.41 Å². The standard InChI is InChI=1S/C7H10O3/c1-4(8)7(2)3-5(7)6(9)10/h5H,3H2,1-2H3,(H,9,10). The minimum Gasteiger partial charge on any atom is -0.481 e. The zero-order valence-electron chi connectivity index (χ0n) is 6.05. The Morgan fingerprint density at radius 1 is 1.60 bits per heavy atom. The molecule has 2 unspecified atom stereocenters. The predicted molar refractivity (Wildman–Crippen MR) is 34.5 cm³/mol. The van der Waals surface area contributed by atoms with Crippen LogP contribution in [0.4, 0.5) is 0 Å². The van der Waals surface area contributed by atoms with Crippen LogP contribution < -0.4 is 0 Å². The largest absolute Gasteiger partial charge is 0.481 e. The number of aliphatic carboxylic acids is 1. The van der Waals surface area contributed by atoms with Crippen molar-refractivity contribution >= 4 is 11.8 Å². The van der Waals surface area contributed by atoms with E-state index in [-0.39, 0.29) is 5.78 Å². The molecule has 0 aromatic heterocycles. The number of carbonyl (C=O) groups is 2. The van der Waals surface area contributed by atoms with Gasteiger partial charge in [0.15, 0.2) is 0 Å². The lowest BCUT2D eigenvalue weighted by Crippen LogP contribution is -2.14. The van der Waals surface area contributed by atoms with Crippen LogP contribution in [0.15, 0.2) is 0 Å². The maximum Gasteiger partial charge on any atom is 0.307 e. The molecule has 0 aromatic rings. The molecule has 1 N–H and O–H groups in total. The van der Waals surface area contributed by atoms with E-state index in [4.69, 9.17) is 5.11 Å². The van der Waals surface area contributed by atoms with Crippen molar-refractivity contribution in [1.82, 2.24) is 0 Å². The fourth-order valence-corrected chi connectivity index (χ4v) is 1.11. The lowest BCUT2D eigenvalue weighted by molar-refractivity contribution is -0.141. The van der Waals surface area contributed by atoms with Gasteiger partial charge in [-0.1, -0.05) is 6.92 Å². The molecule has 1 aliphatic rings. The van der Waals surface area contributed by atoms with E-state index in [9.17, 15) is 9.59 Å². The molecular formula is C7H10O3. The summed E-state index contributed by atoms with van der Waals surface area (Å²) in [6, 6.07) is 0. The van der Waals surface area contributed by atoms with Crippen LogP contribution in [0.2, 0.25) is 0 Å². The Bertz CT molecular complexity index is 197. The van der Waals surface area contributed by atoms with Gasteiger partial charge >= 0.3 is 5.97 Å². The van der Waals surface area contributed by atoms with Gasteiger partial charge in [0.2, 0.25) is 0 Å². The zero-order valence-corrected chi connectivity index (χ0v) is 6.05. The summed E-state index contributed by atoms with van der Waals surface area (Å²) in [6.07, 6.45) is 0.512. The maximum absolute atomic E-state index is 10.8. The van der Waals surface area contributed by atoms with Gasteiger partial charge in [-0.2, -0.15) is 0 Å². The first kappa shape index (κ1) is 7.25. The number of hydrogen-bond acceptors (Lipinski definition) is 2. The average Bonchev–Trinajstić information content (AvgIpc) is 2.43. The summed E-state index contributed by atoms with van der Waals surface area (Å²) in [5.41, 5.74) is -0.550. The number of rotatable bonds is 2. The average molecular weight is 142 g/mol. The van der Waals surface area contributed by atoms with Crippen molar-refractivity contribution in [3.05, 3.63) is 0 Å². The second kappa shape index (κ2) is 1.81. The van der Waals surface area contributed by atoms with Gasteiger partial charge in [-0.05, 0) is 13.3 Å². The fraction of sp³-hybridized carbons (Fsp3) is 0.714. The summed E-state index contributed by atoms with van der Waals surface area (Å²) in [6.45, 7) is 3.15. The third-order valence-electron chi connectivity index (χ3n) is 2.34. The topological polar surface area (TPSA) is 54.4 Å². The van der Waals surface area contributed by atoms with Crippen LogP contribution in [-0.2, 0) is 9.59 Å². The van der Waals surface area contributed by atoms with Gasteiger partial charge < -0.3 is 5.11 Å². The van der Waals surface area contributed by atoms with E-state index in [1.165, 1.54) is 6.92 Å². The molecule has 1 fully saturated rings. The van der Waals surface area contributed by atoms with Crippen LogP contribution in [0.1, 0.15) is 20.3 Å². The van der Waals surface area contributed by atoms with Crippen LogP contribution in [0.3, 0.4) is 0 Å². The second-order valence-corrected chi connectivity index (χ2v) is 3.07. The number of carbonyl (C=O) groups excluding carboxylic acids is 1. The third-order valence-corrected chi connectivity index (χ3v) is 2.34. The van der Waals surface area contributed by atoms with Crippen molar-refractivity contribution in [1.29, 1.82) is 0 Å². The minimum atomic E-state index is -0.849. The molecule has 1 rings (SSSR count). The molecule has 1 aliphatic carbocycles. The smallest absolute Gasteiger partial charge is 0.307 e. The van der Waals surface area contributed by atoms with Crippen molar-refractivity contribution in [3.63, 3.8) is 0 Å². The van der Waals surface area contributed by atoms with E-state index in [0.29, 0.717) is 6.42 Å². The van der Waals surface area contributed by atoms with Crippen molar-refractivity contribution in [2.24, 2.45) is 11.3 Å². The Morgan fingerprint density at radius 2 is 2.10 bits per heavy atom. The summed E-state index contributed by atoms with van der Waals surface area (Å²) < 4.78 is 0. The van der Waals surface area contributed by atoms with E-state index in [2.05, 4.69) is 0 Å². The van der Waals surface area contributed by atoms with E-state index in [1.807, 2.05) is 0 Å². The van der Waals surface area contributed by atoms with Crippen LogP contribution in [0.5, 0.6) is 0 Å². The van der Waals surface area contributed by atoms with Gasteiger partial charge in [0.05, 0.1) is 5.92 Å². The van der Waals surface area contributed by atoms with Crippen molar-refractivity contribution in [2.45, 2.75) is 20.3 Å². The normalized spacial score (nSPS) is 37.2. The Morgan fingerprint density at radius 3 is 2.20 bits per heavy atom. The lowest BCUT2D eigenvalue weighted by atomic mass is 10.0. The van der Waals surface area contributed by atoms with E-state index >= 15 is 0 Å². The van der Waals surface area contributed by atoms with Gasteiger partial charge in [-0.15, -0.1) is 0 Å². The first-order valence-electron chi connectivity index (χ1n) is 3.22. The fourth-order valence-electron chi connectivity index (χ4n) is 1.11. The monoisotopic (exact) mass is 142 g/mol. The number of ketones is 1. The highest BCUT2D eigenvalue weighted by molar-refractivity contribution is 5.92. The van der Waals surface area contributed by atoms with Crippen molar-refractivity contribution in [3.8, 4) is 0 Å². The number of Topliss-reactive ketones (excluding diaryl/α,β-unsaturated/α-hetero) is 1. The highest BCUT2D eigenvalue weighted by Gasteiger charge is 2.58. The summed E-state index contributed by atoms with van der Waals surface area (Å²) >= 11 is 0. The van der Waals surface area contributed by atoms with E-state index < -0.39 is 17.3 Å². The maximum atomic E-state index is 10.8. The molecule has 10 heavy (non-hydrogen) atoms. The highest BCUT2D eigenvalue weighted by atomic mass is 16.4. The molecule has 0 aliphatic heterocycles. The molecule has 0 spiro atoms. The lowest BCUT2D eigenvalue weighted by Gasteiger charge is -2.01. The number of carboxylic acid groups (broad SMARTS) is 1. The van der Waals surface area contributed by atoms with Crippen molar-refractivity contribution in [2.75, 3.05) is 0 Å². The Hall–Kier alpha value is -0.860. The molecule has 3 heteroatoms. The van der Waals surface area contributed by atoms with E-state index in [1.54, 1.807) is 6.92 Å². The predicted octanol–water partition coefficient (Wildman–Crippen LogP) is 0.686. The summed E-state index contributed by atoms with van der Waals surface area (Å²) in [4.78, 5) is 21.1. The van der Waals surface area contributed by atoms with Crippen LogP contribution in [-0.4, -0.2) is 16.9 Å². The van der Waals surface area contributed by atoms with E-state index in [0.717, 1.165) is 0 Å². The molecule has 3 nitrogen and oxygen atoms in total. The highest BCUT2D eigenvalue weighted by Crippen LogP contribution is 2.52. The summed E-state index contributed by atoms with van der Waals surface area (Å²) in [7, 11) is 0. The molecule has 0 bridgehead atoms. The molecule has 0 saturated heterocycles. The van der Waals surface area contributed by atoms with Crippen LogP contribution >= 0.6 is 0 Å². The quantitative estimate of drug-likeness (QED) is 0.617. The molecule has 0 aromatic carbocycles. The Kier molecular flexibility index (Phi) is 1.31. The Labute approximate surface area is 59.0 Å². The van der Waals surface area contributed by atoms with Gasteiger partial charge in [0.1, 0.15) is 5.78 Å². The van der Waals surface area contributed by atoms with Gasteiger partial charge in [0.25, 0.3) is 0 Å². The third kappa shape index (κ3) is 0.818. The zero-order chi connectivity index (χ0) is 7.94. The Balaban J connectivity index is 2.65. The minimum absolute atomic E-state index is 0.0140. The van der Waals surface area contributed by atoms with Gasteiger partial charge in [-0.25, -0.2) is 0 Å². The molecule has 0 heterocycles. The number of carboxylic acids is 1. The SMILES string of the molecule is CC(=O)C1(C)CC1C(=O)O. The molecule has 1 saturated carbocycles. The first-order valence-corrected chi connectivity index (χ1v) is 3.22. The summed E-state index contributed by atoms with van der Waals surface area (Å²) in [5, 5.41) is 8.49. The van der Waals surface area contributed by atoms with Crippen LogP contribution in [0.25, 0.3) is 0 Å². The van der Waals surface area contributed by atoms with Crippen LogP contribution in [0, 0.1) is 11.3 Å².